The fraction of sp³-hybridized carbons (Fsp3) is 0.750. The fourth-order valence-corrected chi connectivity index (χ4v) is 3.21. The molecule has 1 aromatic heterocycles. The molecule has 1 N–H and O–H groups in total. The van der Waals surface area contributed by atoms with Gasteiger partial charge < -0.3 is 5.32 Å². The van der Waals surface area contributed by atoms with Crippen molar-refractivity contribution < 1.29 is 4.39 Å². The minimum Gasteiger partial charge on any atom is -0.311 e. The van der Waals surface area contributed by atoms with E-state index in [2.05, 4.69) is 15.5 Å². The van der Waals surface area contributed by atoms with Crippen LogP contribution in [0, 0.1) is 5.26 Å². The van der Waals surface area contributed by atoms with Gasteiger partial charge in [-0.05, 0) is 19.3 Å². The monoisotopic (exact) mass is 199 g/mol. The molecule has 13 heavy (non-hydrogen) atoms. The maximum atomic E-state index is 12.6. The zero-order valence-corrected chi connectivity index (χ0v) is 7.85. The van der Waals surface area contributed by atoms with Gasteiger partial charge in [0.05, 0.1) is 0 Å². The molecule has 3 heterocycles. The number of rotatable bonds is 1. The van der Waals surface area contributed by atoms with Crippen LogP contribution in [-0.2, 0) is 0 Å². The third kappa shape index (κ3) is 1.18. The lowest BCUT2D eigenvalue weighted by atomic mass is 9.90. The third-order valence-electron chi connectivity index (χ3n) is 3.03. The average Bonchev–Trinajstić information content (AvgIpc) is 2.77. The van der Waals surface area contributed by atoms with Crippen molar-refractivity contribution in [3.05, 3.63) is 10.3 Å². The van der Waals surface area contributed by atoms with Gasteiger partial charge >= 0.3 is 0 Å². The SMILES string of the molecule is Fc1nnc(C2CC3CCC2N3)s1. The predicted octanol–water partition coefficient (Wildman–Crippen LogP) is 1.29. The molecule has 2 aliphatic rings. The highest BCUT2D eigenvalue weighted by Crippen LogP contribution is 2.40. The summed E-state index contributed by atoms with van der Waals surface area (Å²) in [4.78, 5) is 0. The van der Waals surface area contributed by atoms with Crippen molar-refractivity contribution in [1.82, 2.24) is 15.5 Å². The molecule has 0 aromatic carbocycles. The van der Waals surface area contributed by atoms with E-state index in [-0.39, 0.29) is 0 Å². The number of nitrogens with one attached hydrogen (secondary N) is 1. The van der Waals surface area contributed by atoms with Crippen LogP contribution in [0.4, 0.5) is 4.39 Å². The van der Waals surface area contributed by atoms with Gasteiger partial charge in [-0.2, -0.15) is 4.39 Å². The maximum absolute atomic E-state index is 12.6. The molecule has 3 nitrogen and oxygen atoms in total. The van der Waals surface area contributed by atoms with Gasteiger partial charge in [-0.1, -0.05) is 11.3 Å². The molecule has 3 rings (SSSR count). The Bertz CT molecular complexity index is 327. The molecule has 2 aliphatic heterocycles. The smallest absolute Gasteiger partial charge is 0.289 e. The molecule has 0 aliphatic carbocycles. The molecule has 3 unspecified atom stereocenters. The molecule has 2 bridgehead atoms. The van der Waals surface area contributed by atoms with Crippen molar-refractivity contribution >= 4 is 11.3 Å². The quantitative estimate of drug-likeness (QED) is 0.740. The predicted molar refractivity (Wildman–Crippen MR) is 47.2 cm³/mol. The van der Waals surface area contributed by atoms with Crippen molar-refractivity contribution in [2.75, 3.05) is 0 Å². The van der Waals surface area contributed by atoms with Gasteiger partial charge in [0.1, 0.15) is 5.01 Å². The minimum atomic E-state index is -0.405. The number of aromatic nitrogens is 2. The number of halogens is 1. The Balaban J connectivity index is 1.87. The minimum absolute atomic E-state index is 0.405. The van der Waals surface area contributed by atoms with Crippen LogP contribution in [0.5, 0.6) is 0 Å². The molecular formula is C8H10FN3S. The average molecular weight is 199 g/mol. The summed E-state index contributed by atoms with van der Waals surface area (Å²) in [5, 5.41) is 11.3. The topological polar surface area (TPSA) is 37.8 Å². The second-order valence-electron chi connectivity index (χ2n) is 3.78. The van der Waals surface area contributed by atoms with Crippen molar-refractivity contribution in [3.63, 3.8) is 0 Å². The summed E-state index contributed by atoms with van der Waals surface area (Å²) in [7, 11) is 0. The Kier molecular flexibility index (Phi) is 1.63. The van der Waals surface area contributed by atoms with E-state index in [1.807, 2.05) is 0 Å². The summed E-state index contributed by atoms with van der Waals surface area (Å²) >= 11 is 1.10. The van der Waals surface area contributed by atoms with E-state index in [4.69, 9.17) is 0 Å². The van der Waals surface area contributed by atoms with Crippen molar-refractivity contribution in [2.24, 2.45) is 0 Å². The second kappa shape index (κ2) is 2.72. The van der Waals surface area contributed by atoms with Gasteiger partial charge in [-0.3, -0.25) is 0 Å². The van der Waals surface area contributed by atoms with Gasteiger partial charge in [0, 0.05) is 18.0 Å². The largest absolute Gasteiger partial charge is 0.311 e. The molecule has 0 spiro atoms. The Morgan fingerprint density at radius 1 is 1.38 bits per heavy atom. The van der Waals surface area contributed by atoms with Crippen LogP contribution in [0.2, 0.25) is 0 Å². The number of hydrogen-bond donors (Lipinski definition) is 1. The zero-order chi connectivity index (χ0) is 8.84. The number of hydrogen-bond acceptors (Lipinski definition) is 4. The molecule has 0 amide bonds. The van der Waals surface area contributed by atoms with Crippen LogP contribution in [-0.4, -0.2) is 22.3 Å². The van der Waals surface area contributed by atoms with Gasteiger partial charge in [-0.15, -0.1) is 10.2 Å². The lowest BCUT2D eigenvalue weighted by Gasteiger charge is -2.16. The highest BCUT2D eigenvalue weighted by atomic mass is 32.1. The van der Waals surface area contributed by atoms with E-state index in [1.54, 1.807) is 0 Å². The molecule has 70 valence electrons. The van der Waals surface area contributed by atoms with E-state index in [0.717, 1.165) is 22.8 Å². The van der Waals surface area contributed by atoms with Gasteiger partial charge in [0.15, 0.2) is 0 Å². The Morgan fingerprint density at radius 2 is 2.31 bits per heavy atom. The number of nitrogens with zero attached hydrogens (tertiary/aromatic N) is 2. The lowest BCUT2D eigenvalue weighted by Crippen LogP contribution is -2.21. The molecule has 2 fully saturated rings. The van der Waals surface area contributed by atoms with Crippen LogP contribution >= 0.6 is 11.3 Å². The normalized spacial score (nSPS) is 37.2. The first kappa shape index (κ1) is 7.82. The molecule has 5 heteroatoms. The maximum Gasteiger partial charge on any atom is 0.289 e. The summed E-state index contributed by atoms with van der Waals surface area (Å²) in [6.45, 7) is 0. The van der Waals surface area contributed by atoms with E-state index in [9.17, 15) is 4.39 Å². The molecule has 0 saturated carbocycles. The van der Waals surface area contributed by atoms with E-state index < -0.39 is 5.26 Å². The highest BCUT2D eigenvalue weighted by Gasteiger charge is 2.41. The summed E-state index contributed by atoms with van der Waals surface area (Å²) in [5.41, 5.74) is 0. The first-order chi connectivity index (χ1) is 6.33. The number of fused-ring (bicyclic) bond motifs is 2. The molecule has 2 saturated heterocycles. The lowest BCUT2D eigenvalue weighted by molar-refractivity contribution is 0.501. The summed E-state index contributed by atoms with van der Waals surface area (Å²) < 4.78 is 12.6. The van der Waals surface area contributed by atoms with Gasteiger partial charge in [0.25, 0.3) is 5.26 Å². The second-order valence-corrected chi connectivity index (χ2v) is 4.74. The van der Waals surface area contributed by atoms with Crippen LogP contribution in [0.1, 0.15) is 30.2 Å². The fourth-order valence-electron chi connectivity index (χ4n) is 2.46. The highest BCUT2D eigenvalue weighted by molar-refractivity contribution is 7.09. The van der Waals surface area contributed by atoms with E-state index in [1.165, 1.54) is 12.8 Å². The molecule has 0 radical (unpaired) electrons. The van der Waals surface area contributed by atoms with Crippen molar-refractivity contribution in [3.8, 4) is 0 Å². The Labute approximate surface area is 79.4 Å². The van der Waals surface area contributed by atoms with E-state index >= 15 is 0 Å². The van der Waals surface area contributed by atoms with E-state index in [0.29, 0.717) is 18.0 Å². The summed E-state index contributed by atoms with van der Waals surface area (Å²) in [6.07, 6.45) is 3.58. The van der Waals surface area contributed by atoms with Crippen LogP contribution < -0.4 is 5.32 Å². The van der Waals surface area contributed by atoms with Crippen LogP contribution in [0.3, 0.4) is 0 Å². The Morgan fingerprint density at radius 3 is 2.85 bits per heavy atom. The summed E-state index contributed by atoms with van der Waals surface area (Å²) in [5.74, 6) is 0.417. The first-order valence-corrected chi connectivity index (χ1v) is 5.39. The first-order valence-electron chi connectivity index (χ1n) is 4.58. The Hall–Kier alpha value is -0.550. The van der Waals surface area contributed by atoms with Gasteiger partial charge in [-0.25, -0.2) is 0 Å². The molecule has 1 aromatic rings. The standard InChI is InChI=1S/C8H10FN3S/c9-8-12-11-7(13-8)5-3-4-1-2-6(5)10-4/h4-6,10H,1-3H2. The summed E-state index contributed by atoms with van der Waals surface area (Å²) in [6, 6.07) is 1.17. The van der Waals surface area contributed by atoms with Crippen LogP contribution in [0.25, 0.3) is 0 Å². The van der Waals surface area contributed by atoms with Gasteiger partial charge in [0.2, 0.25) is 0 Å². The third-order valence-corrected chi connectivity index (χ3v) is 3.88. The van der Waals surface area contributed by atoms with Crippen molar-refractivity contribution in [2.45, 2.75) is 37.3 Å². The zero-order valence-electron chi connectivity index (χ0n) is 7.03. The molecular weight excluding hydrogens is 189 g/mol. The van der Waals surface area contributed by atoms with Crippen LogP contribution in [0.15, 0.2) is 0 Å². The molecule has 3 atom stereocenters. The van der Waals surface area contributed by atoms with Crippen molar-refractivity contribution in [1.29, 1.82) is 0 Å².